The van der Waals surface area contributed by atoms with Crippen molar-refractivity contribution in [2.45, 2.75) is 0 Å². The molecule has 0 bridgehead atoms. The lowest BCUT2D eigenvalue weighted by Gasteiger charge is -2.13. The van der Waals surface area contributed by atoms with Gasteiger partial charge in [0.2, 0.25) is 0 Å². The second kappa shape index (κ2) is 8.87. The Morgan fingerprint density at radius 2 is 1.62 bits per heavy atom. The number of nitrogens with one attached hydrogen (secondary N) is 1. The van der Waals surface area contributed by atoms with Crippen LogP contribution >= 0.6 is 11.6 Å². The molecule has 0 atom stereocenters. The monoisotopic (exact) mass is 490 g/mol. The first-order valence-electron chi connectivity index (χ1n) is 9.05. The lowest BCUT2D eigenvalue weighted by molar-refractivity contribution is 0.101. The number of pyridine rings is 2. The number of benzene rings is 1. The summed E-state index contributed by atoms with van der Waals surface area (Å²) in [5.74, 6) is -8.39. The average molecular weight is 491 g/mol. The van der Waals surface area contributed by atoms with Gasteiger partial charge in [-0.05, 0) is 12.1 Å². The molecule has 0 spiro atoms. The molecule has 3 heterocycles. The van der Waals surface area contributed by atoms with Crippen molar-refractivity contribution in [2.24, 2.45) is 0 Å². The van der Waals surface area contributed by atoms with Crippen molar-refractivity contribution in [1.82, 2.24) is 25.0 Å². The van der Waals surface area contributed by atoms with E-state index in [9.17, 15) is 26.7 Å². The number of carbonyl (C=O) groups is 1. The number of amides is 1. The highest BCUT2D eigenvalue weighted by Crippen LogP contribution is 2.33. The molecule has 0 saturated heterocycles. The molecule has 4 rings (SSSR count). The number of terminal acetylenes is 1. The second-order valence-electron chi connectivity index (χ2n) is 6.50. The van der Waals surface area contributed by atoms with Crippen molar-refractivity contribution in [3.05, 3.63) is 82.2 Å². The molecule has 0 saturated carbocycles. The lowest BCUT2D eigenvalue weighted by atomic mass is 10.0. The maximum absolute atomic E-state index is 14.8. The Hall–Kier alpha value is -4.37. The Labute approximate surface area is 192 Å². The van der Waals surface area contributed by atoms with Crippen LogP contribution in [0.2, 0.25) is 5.02 Å². The van der Waals surface area contributed by atoms with E-state index in [2.05, 4.69) is 25.5 Å². The van der Waals surface area contributed by atoms with Gasteiger partial charge in [-0.2, -0.15) is 10.2 Å². The fraction of sp³-hybridized carbons (Fsp3) is 0. The summed E-state index contributed by atoms with van der Waals surface area (Å²) in [6, 6.07) is 1.86. The topological polar surface area (TPSA) is 85.6 Å². The number of halogens is 6. The van der Waals surface area contributed by atoms with E-state index >= 15 is 0 Å². The Morgan fingerprint density at radius 3 is 2.21 bits per heavy atom. The van der Waals surface area contributed by atoms with E-state index in [1.807, 2.05) is 5.92 Å². The molecule has 1 aromatic carbocycles. The first-order chi connectivity index (χ1) is 16.2. The third-order valence-electron chi connectivity index (χ3n) is 4.42. The number of carbonyl (C=O) groups excluding carboxylic acids is 1. The van der Waals surface area contributed by atoms with E-state index in [0.717, 1.165) is 17.1 Å². The van der Waals surface area contributed by atoms with Crippen LogP contribution in [0, 0.1) is 41.4 Å². The number of hydrogen-bond donors (Lipinski definition) is 1. The van der Waals surface area contributed by atoms with Crippen LogP contribution in [0.1, 0.15) is 15.9 Å². The molecule has 0 aliphatic carbocycles. The number of anilines is 1. The summed E-state index contributed by atoms with van der Waals surface area (Å²) in [6.45, 7) is 0. The molecule has 0 aliphatic heterocycles. The van der Waals surface area contributed by atoms with Gasteiger partial charge in [-0.25, -0.2) is 26.9 Å². The fourth-order valence-corrected chi connectivity index (χ4v) is 3.19. The summed E-state index contributed by atoms with van der Waals surface area (Å²) in [5.41, 5.74) is -4.18. The zero-order valence-corrected chi connectivity index (χ0v) is 17.2. The molecule has 7 nitrogen and oxygen atoms in total. The average Bonchev–Trinajstić information content (AvgIpc) is 3.33. The number of aromatic nitrogens is 5. The van der Waals surface area contributed by atoms with Gasteiger partial charge < -0.3 is 5.32 Å². The van der Waals surface area contributed by atoms with E-state index < -0.39 is 57.4 Å². The predicted molar refractivity (Wildman–Crippen MR) is 110 cm³/mol. The standard InChI is InChI=1S/C21H8ClF5N6O/c1-2-9-5-10(23)7-28-19(9)13-15(24)17(26)14(18(27)16(13)25)21(34)32-11-6-12(22)20(29-8-11)33-30-3-4-31-33/h1,3-8H,(H,32,34). The molecule has 0 unspecified atom stereocenters. The van der Waals surface area contributed by atoms with Crippen molar-refractivity contribution in [3.63, 3.8) is 0 Å². The third kappa shape index (κ3) is 3.93. The maximum atomic E-state index is 14.8. The summed E-state index contributed by atoms with van der Waals surface area (Å²) in [5, 5.41) is 9.66. The molecule has 13 heteroatoms. The smallest absolute Gasteiger partial charge is 0.261 e. The SMILES string of the molecule is C#Cc1cc(F)cnc1-c1c(F)c(F)c(C(=O)Nc2cnc(-n3nccn3)c(Cl)c2)c(F)c1F. The zero-order valence-electron chi connectivity index (χ0n) is 16.5. The van der Waals surface area contributed by atoms with Crippen LogP contribution in [0.5, 0.6) is 0 Å². The van der Waals surface area contributed by atoms with E-state index in [0.29, 0.717) is 12.3 Å². The van der Waals surface area contributed by atoms with Crippen LogP contribution in [-0.2, 0) is 0 Å². The first kappa shape index (κ1) is 22.8. The highest BCUT2D eigenvalue weighted by Gasteiger charge is 2.31. The van der Waals surface area contributed by atoms with E-state index in [-0.39, 0.29) is 16.5 Å². The first-order valence-corrected chi connectivity index (χ1v) is 9.42. The maximum Gasteiger partial charge on any atom is 0.261 e. The third-order valence-corrected chi connectivity index (χ3v) is 4.70. The molecule has 0 fully saturated rings. The van der Waals surface area contributed by atoms with Crippen LogP contribution in [0.25, 0.3) is 17.1 Å². The molecule has 1 N–H and O–H groups in total. The highest BCUT2D eigenvalue weighted by atomic mass is 35.5. The summed E-state index contributed by atoms with van der Waals surface area (Å²) in [7, 11) is 0. The summed E-state index contributed by atoms with van der Waals surface area (Å²) < 4.78 is 72.3. The molecule has 3 aromatic heterocycles. The fourth-order valence-electron chi connectivity index (χ4n) is 2.95. The Morgan fingerprint density at radius 1 is 0.971 bits per heavy atom. The molecule has 0 aliphatic rings. The quantitative estimate of drug-likeness (QED) is 0.262. The number of rotatable bonds is 4. The van der Waals surface area contributed by atoms with Crippen molar-refractivity contribution in [1.29, 1.82) is 0 Å². The van der Waals surface area contributed by atoms with Crippen LogP contribution < -0.4 is 5.32 Å². The summed E-state index contributed by atoms with van der Waals surface area (Å²) in [6.07, 6.45) is 9.51. The number of nitrogens with zero attached hydrogens (tertiary/aromatic N) is 5. The largest absolute Gasteiger partial charge is 0.320 e. The molecule has 0 radical (unpaired) electrons. The zero-order chi connectivity index (χ0) is 24.6. The second-order valence-corrected chi connectivity index (χ2v) is 6.91. The Balaban J connectivity index is 1.73. The van der Waals surface area contributed by atoms with Crippen molar-refractivity contribution in [2.75, 3.05) is 5.32 Å². The van der Waals surface area contributed by atoms with E-state index in [1.165, 1.54) is 12.4 Å². The van der Waals surface area contributed by atoms with Gasteiger partial charge >= 0.3 is 0 Å². The molecule has 170 valence electrons. The lowest BCUT2D eigenvalue weighted by Crippen LogP contribution is -2.19. The minimum atomic E-state index is -2.02. The minimum absolute atomic E-state index is 0.0492. The molecular weight excluding hydrogens is 483 g/mol. The van der Waals surface area contributed by atoms with Crippen molar-refractivity contribution < 1.29 is 26.7 Å². The minimum Gasteiger partial charge on any atom is -0.320 e. The van der Waals surface area contributed by atoms with Gasteiger partial charge in [0.1, 0.15) is 11.4 Å². The molecular formula is C21H8ClF5N6O. The van der Waals surface area contributed by atoms with Gasteiger partial charge in [-0.1, -0.05) is 17.5 Å². The van der Waals surface area contributed by atoms with Gasteiger partial charge in [0.15, 0.2) is 29.1 Å². The van der Waals surface area contributed by atoms with Crippen LogP contribution in [0.15, 0.2) is 36.9 Å². The summed E-state index contributed by atoms with van der Waals surface area (Å²) >= 11 is 6.06. The van der Waals surface area contributed by atoms with E-state index in [1.54, 1.807) is 0 Å². The predicted octanol–water partition coefficient (Wildman–Crippen LogP) is 4.31. The normalized spacial score (nSPS) is 10.7. The van der Waals surface area contributed by atoms with Gasteiger partial charge in [0, 0.05) is 0 Å². The van der Waals surface area contributed by atoms with E-state index in [4.69, 9.17) is 18.0 Å². The van der Waals surface area contributed by atoms with Crippen molar-refractivity contribution in [3.8, 4) is 29.4 Å². The van der Waals surface area contributed by atoms with Crippen molar-refractivity contribution >= 4 is 23.2 Å². The summed E-state index contributed by atoms with van der Waals surface area (Å²) in [4.78, 5) is 20.9. The highest BCUT2D eigenvalue weighted by molar-refractivity contribution is 6.32. The molecule has 34 heavy (non-hydrogen) atoms. The van der Waals surface area contributed by atoms with Gasteiger partial charge in [0.25, 0.3) is 5.91 Å². The van der Waals surface area contributed by atoms with Crippen LogP contribution in [0.4, 0.5) is 27.6 Å². The molecule has 1 amide bonds. The van der Waals surface area contributed by atoms with Gasteiger partial charge in [-0.3, -0.25) is 9.78 Å². The van der Waals surface area contributed by atoms with Gasteiger partial charge in [-0.15, -0.1) is 11.2 Å². The van der Waals surface area contributed by atoms with Crippen LogP contribution in [-0.4, -0.2) is 30.9 Å². The number of hydrogen-bond acceptors (Lipinski definition) is 5. The van der Waals surface area contributed by atoms with Gasteiger partial charge in [0.05, 0.1) is 52.3 Å². The van der Waals surface area contributed by atoms with Crippen LogP contribution in [0.3, 0.4) is 0 Å². The Bertz CT molecular complexity index is 1460. The molecule has 4 aromatic rings. The Kier molecular flexibility index (Phi) is 5.95.